The van der Waals surface area contributed by atoms with Gasteiger partial charge < -0.3 is 15.2 Å². The summed E-state index contributed by atoms with van der Waals surface area (Å²) in [5, 5.41) is 0.598. The summed E-state index contributed by atoms with van der Waals surface area (Å²) < 4.78 is 11.1. The molecule has 0 heterocycles. The van der Waals surface area contributed by atoms with Crippen molar-refractivity contribution in [2.45, 2.75) is 6.92 Å². The van der Waals surface area contributed by atoms with Crippen LogP contribution in [0.25, 0.3) is 0 Å². The standard InChI is InChI=1S/C15H16ClNO2/c1-11-3-2-4-13(9-11)18-7-8-19-15-6-5-12(16)10-14(15)17/h2-6,9-10H,7-8,17H2,1H3. The average Bonchev–Trinajstić information content (AvgIpc) is 2.37. The first kappa shape index (κ1) is 13.6. The molecule has 4 heteroatoms. The van der Waals surface area contributed by atoms with Gasteiger partial charge in [0.1, 0.15) is 24.7 Å². The smallest absolute Gasteiger partial charge is 0.142 e. The van der Waals surface area contributed by atoms with Crippen molar-refractivity contribution in [2.24, 2.45) is 0 Å². The minimum Gasteiger partial charge on any atom is -0.490 e. The molecule has 0 aromatic heterocycles. The van der Waals surface area contributed by atoms with E-state index in [1.165, 1.54) is 5.56 Å². The summed E-state index contributed by atoms with van der Waals surface area (Å²) in [7, 11) is 0. The summed E-state index contributed by atoms with van der Waals surface area (Å²) in [6, 6.07) is 13.1. The van der Waals surface area contributed by atoms with Gasteiger partial charge in [-0.2, -0.15) is 0 Å². The lowest BCUT2D eigenvalue weighted by Crippen LogP contribution is -2.09. The zero-order chi connectivity index (χ0) is 13.7. The van der Waals surface area contributed by atoms with Crippen LogP contribution in [0.4, 0.5) is 5.69 Å². The van der Waals surface area contributed by atoms with E-state index in [2.05, 4.69) is 0 Å². The molecule has 19 heavy (non-hydrogen) atoms. The largest absolute Gasteiger partial charge is 0.490 e. The third-order valence-electron chi connectivity index (χ3n) is 2.57. The Morgan fingerprint density at radius 2 is 1.84 bits per heavy atom. The van der Waals surface area contributed by atoms with Crippen LogP contribution in [-0.2, 0) is 0 Å². The molecule has 0 amide bonds. The topological polar surface area (TPSA) is 44.5 Å². The van der Waals surface area contributed by atoms with Gasteiger partial charge in [0.2, 0.25) is 0 Å². The lowest BCUT2D eigenvalue weighted by atomic mass is 10.2. The number of nitrogen functional groups attached to an aromatic ring is 1. The average molecular weight is 278 g/mol. The fourth-order valence-corrected chi connectivity index (χ4v) is 1.85. The van der Waals surface area contributed by atoms with Crippen molar-refractivity contribution >= 4 is 17.3 Å². The number of aryl methyl sites for hydroxylation is 1. The predicted molar refractivity (Wildman–Crippen MR) is 78.0 cm³/mol. The van der Waals surface area contributed by atoms with Crippen LogP contribution < -0.4 is 15.2 Å². The second-order valence-electron chi connectivity index (χ2n) is 4.20. The van der Waals surface area contributed by atoms with Crippen molar-refractivity contribution < 1.29 is 9.47 Å². The molecule has 0 aliphatic rings. The number of nitrogens with two attached hydrogens (primary N) is 1. The number of ether oxygens (including phenoxy) is 2. The van der Waals surface area contributed by atoms with Crippen molar-refractivity contribution in [1.29, 1.82) is 0 Å². The van der Waals surface area contributed by atoms with Crippen LogP contribution in [0.2, 0.25) is 5.02 Å². The molecule has 2 rings (SSSR count). The molecule has 0 aliphatic heterocycles. The maximum atomic E-state index is 5.81. The van der Waals surface area contributed by atoms with Crippen LogP contribution in [0.15, 0.2) is 42.5 Å². The van der Waals surface area contributed by atoms with Crippen LogP contribution >= 0.6 is 11.6 Å². The molecule has 0 spiro atoms. The Kier molecular flexibility index (Phi) is 4.53. The van der Waals surface area contributed by atoms with Crippen molar-refractivity contribution in [3.05, 3.63) is 53.1 Å². The lowest BCUT2D eigenvalue weighted by molar-refractivity contribution is 0.218. The third kappa shape index (κ3) is 4.07. The highest BCUT2D eigenvalue weighted by atomic mass is 35.5. The Morgan fingerprint density at radius 1 is 1.05 bits per heavy atom. The van der Waals surface area contributed by atoms with Crippen LogP contribution in [-0.4, -0.2) is 13.2 Å². The third-order valence-corrected chi connectivity index (χ3v) is 2.81. The zero-order valence-corrected chi connectivity index (χ0v) is 11.5. The molecular weight excluding hydrogens is 262 g/mol. The molecule has 0 unspecified atom stereocenters. The van der Waals surface area contributed by atoms with Crippen LogP contribution in [0, 0.1) is 6.92 Å². The highest BCUT2D eigenvalue weighted by Gasteiger charge is 2.01. The Bertz CT molecular complexity index is 558. The van der Waals surface area contributed by atoms with Crippen molar-refractivity contribution in [2.75, 3.05) is 18.9 Å². The number of halogens is 1. The molecular formula is C15H16ClNO2. The molecule has 0 bridgehead atoms. The molecule has 2 aromatic rings. The molecule has 0 atom stereocenters. The first-order valence-electron chi connectivity index (χ1n) is 6.02. The molecule has 2 N–H and O–H groups in total. The quantitative estimate of drug-likeness (QED) is 0.670. The highest BCUT2D eigenvalue weighted by Crippen LogP contribution is 2.24. The van der Waals surface area contributed by atoms with Gasteiger partial charge in [-0.05, 0) is 42.8 Å². The number of rotatable bonds is 5. The summed E-state index contributed by atoms with van der Waals surface area (Å²) in [5.41, 5.74) is 7.48. The molecule has 3 nitrogen and oxygen atoms in total. The van der Waals surface area contributed by atoms with Crippen LogP contribution in [0.3, 0.4) is 0 Å². The fraction of sp³-hybridized carbons (Fsp3) is 0.200. The summed E-state index contributed by atoms with van der Waals surface area (Å²) in [6.07, 6.45) is 0. The normalized spacial score (nSPS) is 10.2. The number of benzene rings is 2. The minimum atomic E-state index is 0.430. The number of anilines is 1. The molecule has 0 radical (unpaired) electrons. The Balaban J connectivity index is 1.81. The maximum Gasteiger partial charge on any atom is 0.142 e. The van der Waals surface area contributed by atoms with E-state index in [4.69, 9.17) is 26.8 Å². The lowest BCUT2D eigenvalue weighted by Gasteiger charge is -2.10. The Hall–Kier alpha value is -1.87. The van der Waals surface area contributed by atoms with E-state index in [9.17, 15) is 0 Å². The zero-order valence-electron chi connectivity index (χ0n) is 10.7. The molecule has 100 valence electrons. The molecule has 2 aromatic carbocycles. The van der Waals surface area contributed by atoms with Crippen molar-refractivity contribution in [1.82, 2.24) is 0 Å². The fourth-order valence-electron chi connectivity index (χ4n) is 1.67. The van der Waals surface area contributed by atoms with E-state index in [1.807, 2.05) is 31.2 Å². The highest BCUT2D eigenvalue weighted by molar-refractivity contribution is 6.30. The van der Waals surface area contributed by atoms with E-state index < -0.39 is 0 Å². The van der Waals surface area contributed by atoms with Crippen LogP contribution in [0.5, 0.6) is 11.5 Å². The maximum absolute atomic E-state index is 5.81. The number of hydrogen-bond acceptors (Lipinski definition) is 3. The van der Waals surface area contributed by atoms with Gasteiger partial charge in [0.05, 0.1) is 5.69 Å². The summed E-state index contributed by atoms with van der Waals surface area (Å²) in [6.45, 7) is 2.92. The van der Waals surface area contributed by atoms with Gasteiger partial charge in [0, 0.05) is 5.02 Å². The monoisotopic (exact) mass is 277 g/mol. The van der Waals surface area contributed by atoms with E-state index in [0.29, 0.717) is 29.7 Å². The summed E-state index contributed by atoms with van der Waals surface area (Å²) in [5.74, 6) is 1.46. The molecule has 0 saturated carbocycles. The van der Waals surface area contributed by atoms with Gasteiger partial charge >= 0.3 is 0 Å². The van der Waals surface area contributed by atoms with Crippen LogP contribution in [0.1, 0.15) is 5.56 Å². The van der Waals surface area contributed by atoms with E-state index in [0.717, 1.165) is 5.75 Å². The first-order valence-corrected chi connectivity index (χ1v) is 6.40. The molecule has 0 aliphatic carbocycles. The Labute approximate surface area is 117 Å². The first-order chi connectivity index (χ1) is 9.15. The van der Waals surface area contributed by atoms with Gasteiger partial charge in [0.25, 0.3) is 0 Å². The summed E-state index contributed by atoms with van der Waals surface area (Å²) >= 11 is 5.81. The van der Waals surface area contributed by atoms with Gasteiger partial charge in [-0.25, -0.2) is 0 Å². The second-order valence-corrected chi connectivity index (χ2v) is 4.63. The van der Waals surface area contributed by atoms with E-state index in [-0.39, 0.29) is 0 Å². The predicted octanol–water partition coefficient (Wildman–Crippen LogP) is 3.69. The second kappa shape index (κ2) is 6.34. The summed E-state index contributed by atoms with van der Waals surface area (Å²) in [4.78, 5) is 0. The van der Waals surface area contributed by atoms with Gasteiger partial charge in [0.15, 0.2) is 0 Å². The molecule has 0 saturated heterocycles. The van der Waals surface area contributed by atoms with Crippen molar-refractivity contribution in [3.63, 3.8) is 0 Å². The van der Waals surface area contributed by atoms with E-state index >= 15 is 0 Å². The van der Waals surface area contributed by atoms with Gasteiger partial charge in [-0.1, -0.05) is 23.7 Å². The minimum absolute atomic E-state index is 0.430. The SMILES string of the molecule is Cc1cccc(OCCOc2ccc(Cl)cc2N)c1. The van der Waals surface area contributed by atoms with Crippen molar-refractivity contribution in [3.8, 4) is 11.5 Å². The van der Waals surface area contributed by atoms with E-state index in [1.54, 1.807) is 18.2 Å². The number of hydrogen-bond donors (Lipinski definition) is 1. The Morgan fingerprint density at radius 3 is 2.58 bits per heavy atom. The molecule has 0 fully saturated rings. The van der Waals surface area contributed by atoms with Gasteiger partial charge in [-0.15, -0.1) is 0 Å². The van der Waals surface area contributed by atoms with Gasteiger partial charge in [-0.3, -0.25) is 0 Å².